The summed E-state index contributed by atoms with van der Waals surface area (Å²) in [7, 11) is 0. The predicted molar refractivity (Wildman–Crippen MR) is 168 cm³/mol. The Morgan fingerprint density at radius 1 is 0.721 bits per heavy atom. The number of hydrogen-bond donors (Lipinski definition) is 5. The molecule has 0 aliphatic carbocycles. The first kappa shape index (κ1) is 37.6. The summed E-state index contributed by atoms with van der Waals surface area (Å²) in [4.78, 5) is 62.5. The van der Waals surface area contributed by atoms with E-state index in [1.165, 1.54) is 44.9 Å². The minimum absolute atomic E-state index is 0.0791. The fraction of sp³-hybridized carbons (Fsp3) is 0.667. The first-order chi connectivity index (χ1) is 20.5. The molecule has 6 N–H and O–H groups in total. The fourth-order valence-electron chi connectivity index (χ4n) is 4.92. The van der Waals surface area contributed by atoms with Crippen LogP contribution >= 0.6 is 0 Å². The number of nitrogens with one attached hydrogen (secondary N) is 3. The summed E-state index contributed by atoms with van der Waals surface area (Å²) < 4.78 is 0. The molecule has 4 amide bonds. The van der Waals surface area contributed by atoms with Gasteiger partial charge in [-0.15, -0.1) is 0 Å². The Balaban J connectivity index is 2.72. The Bertz CT molecular complexity index is 985. The van der Waals surface area contributed by atoms with E-state index >= 15 is 0 Å². The number of primary amides is 1. The van der Waals surface area contributed by atoms with Gasteiger partial charge in [0.2, 0.25) is 23.6 Å². The summed E-state index contributed by atoms with van der Waals surface area (Å²) in [6, 6.07) is 5.57. The highest BCUT2D eigenvalue weighted by molar-refractivity contribution is 5.95. The number of rotatable bonds is 24. The third-order valence-corrected chi connectivity index (χ3v) is 7.32. The third kappa shape index (κ3) is 18.0. The van der Waals surface area contributed by atoms with Crippen LogP contribution in [0.3, 0.4) is 0 Å². The second kappa shape index (κ2) is 22.2. The second-order valence-corrected chi connectivity index (χ2v) is 11.8. The quantitative estimate of drug-likeness (QED) is 0.110. The molecule has 242 valence electrons. The van der Waals surface area contributed by atoms with Gasteiger partial charge in [-0.05, 0) is 24.3 Å². The van der Waals surface area contributed by atoms with Crippen LogP contribution in [0.4, 0.5) is 0 Å². The maximum atomic E-state index is 13.2. The molecule has 43 heavy (non-hydrogen) atoms. The van der Waals surface area contributed by atoms with Crippen LogP contribution in [0.25, 0.3) is 0 Å². The zero-order valence-electron chi connectivity index (χ0n) is 26.4. The van der Waals surface area contributed by atoms with Crippen molar-refractivity contribution in [1.82, 2.24) is 16.0 Å². The van der Waals surface area contributed by atoms with Crippen LogP contribution in [0.2, 0.25) is 0 Å². The van der Waals surface area contributed by atoms with E-state index in [1.807, 2.05) is 19.9 Å². The number of carbonyl (C=O) groups excluding carboxylic acids is 4. The zero-order valence-corrected chi connectivity index (χ0v) is 26.4. The molecule has 1 rings (SSSR count). The summed E-state index contributed by atoms with van der Waals surface area (Å²) in [5.41, 5.74) is 6.24. The number of carboxylic acid groups (broad SMARTS) is 1. The highest BCUT2D eigenvalue weighted by atomic mass is 16.4. The Hall–Kier alpha value is -3.43. The SMILES string of the molecule is CCCCCCCCCCCCCC(=O)N[C@@H](CC(=O)O)C(=O)N[C@@H](Cc1ccccc1)C(=O)N[C@@H](CC(C)C)C(N)=O. The molecule has 0 bridgehead atoms. The largest absolute Gasteiger partial charge is 0.481 e. The van der Waals surface area contributed by atoms with E-state index in [-0.39, 0.29) is 18.8 Å². The molecular formula is C33H54N4O6. The molecule has 1 aromatic carbocycles. The van der Waals surface area contributed by atoms with Gasteiger partial charge in [0.15, 0.2) is 0 Å². The van der Waals surface area contributed by atoms with Gasteiger partial charge in [-0.2, -0.15) is 0 Å². The van der Waals surface area contributed by atoms with Gasteiger partial charge in [-0.3, -0.25) is 24.0 Å². The van der Waals surface area contributed by atoms with Gasteiger partial charge in [0.1, 0.15) is 18.1 Å². The van der Waals surface area contributed by atoms with Crippen LogP contribution in [0, 0.1) is 5.92 Å². The van der Waals surface area contributed by atoms with Crippen molar-refractivity contribution in [3.05, 3.63) is 35.9 Å². The number of carboxylic acids is 1. The van der Waals surface area contributed by atoms with E-state index in [0.717, 1.165) is 24.8 Å². The molecule has 0 fully saturated rings. The topological polar surface area (TPSA) is 168 Å². The van der Waals surface area contributed by atoms with E-state index in [4.69, 9.17) is 5.73 Å². The van der Waals surface area contributed by atoms with Crippen LogP contribution < -0.4 is 21.7 Å². The number of nitrogens with two attached hydrogens (primary N) is 1. The Labute approximate surface area is 257 Å². The fourth-order valence-corrected chi connectivity index (χ4v) is 4.92. The number of hydrogen-bond acceptors (Lipinski definition) is 5. The average Bonchev–Trinajstić information content (AvgIpc) is 2.94. The molecule has 3 atom stereocenters. The lowest BCUT2D eigenvalue weighted by Gasteiger charge is -2.25. The standard InChI is InChI=1S/C33H54N4O6/c1-4-5-6-7-8-9-10-11-12-13-17-20-29(38)35-28(23-30(39)40)33(43)37-27(22-25-18-15-14-16-19-25)32(42)36-26(31(34)41)21-24(2)3/h14-16,18-19,24,26-28H,4-13,17,20-23H2,1-3H3,(H2,34,41)(H,35,38)(H,36,42)(H,37,43)(H,39,40)/t26-,27-,28-/m0/s1. The molecule has 0 aliphatic heterocycles. The summed E-state index contributed by atoms with van der Waals surface area (Å²) >= 11 is 0. The maximum absolute atomic E-state index is 13.2. The molecule has 0 aromatic heterocycles. The van der Waals surface area contributed by atoms with Crippen molar-refractivity contribution >= 4 is 29.6 Å². The van der Waals surface area contributed by atoms with E-state index in [9.17, 15) is 29.1 Å². The molecule has 0 aliphatic rings. The molecule has 0 radical (unpaired) electrons. The molecule has 0 spiro atoms. The van der Waals surface area contributed by atoms with Crippen molar-refractivity contribution in [3.63, 3.8) is 0 Å². The van der Waals surface area contributed by atoms with Crippen molar-refractivity contribution in [2.75, 3.05) is 0 Å². The zero-order chi connectivity index (χ0) is 32.0. The lowest BCUT2D eigenvalue weighted by Crippen LogP contribution is -2.57. The molecule has 0 heterocycles. The summed E-state index contributed by atoms with van der Waals surface area (Å²) in [5.74, 6) is -3.69. The van der Waals surface area contributed by atoms with Gasteiger partial charge in [0, 0.05) is 12.8 Å². The predicted octanol–water partition coefficient (Wildman–Crippen LogP) is 4.39. The van der Waals surface area contributed by atoms with E-state index in [2.05, 4.69) is 22.9 Å². The van der Waals surface area contributed by atoms with Crippen LogP contribution in [0.1, 0.15) is 116 Å². The molecule has 0 saturated heterocycles. The first-order valence-electron chi connectivity index (χ1n) is 16.0. The second-order valence-electron chi connectivity index (χ2n) is 11.8. The van der Waals surface area contributed by atoms with Crippen molar-refractivity contribution < 1.29 is 29.1 Å². The molecule has 0 saturated carbocycles. The van der Waals surface area contributed by atoms with Crippen LogP contribution in [-0.4, -0.2) is 52.8 Å². The van der Waals surface area contributed by atoms with Crippen molar-refractivity contribution in [2.45, 2.75) is 135 Å². The number of unbranched alkanes of at least 4 members (excludes halogenated alkanes) is 10. The van der Waals surface area contributed by atoms with Gasteiger partial charge >= 0.3 is 5.97 Å². The molecule has 0 unspecified atom stereocenters. The average molecular weight is 603 g/mol. The number of benzene rings is 1. The molecular weight excluding hydrogens is 548 g/mol. The van der Waals surface area contributed by atoms with Crippen molar-refractivity contribution in [1.29, 1.82) is 0 Å². The molecule has 10 nitrogen and oxygen atoms in total. The van der Waals surface area contributed by atoms with Crippen molar-refractivity contribution in [2.24, 2.45) is 11.7 Å². The normalized spacial score (nSPS) is 13.1. The van der Waals surface area contributed by atoms with Gasteiger partial charge < -0.3 is 26.8 Å². The number of aliphatic carboxylic acids is 1. The number of carbonyl (C=O) groups is 5. The van der Waals surface area contributed by atoms with E-state index < -0.39 is 54.1 Å². The Kier molecular flexibility index (Phi) is 19.4. The number of amides is 4. The van der Waals surface area contributed by atoms with E-state index in [1.54, 1.807) is 24.3 Å². The van der Waals surface area contributed by atoms with Crippen molar-refractivity contribution in [3.8, 4) is 0 Å². The van der Waals surface area contributed by atoms with Crippen LogP contribution in [-0.2, 0) is 30.4 Å². The highest BCUT2D eigenvalue weighted by Gasteiger charge is 2.30. The Morgan fingerprint density at radius 3 is 1.74 bits per heavy atom. The highest BCUT2D eigenvalue weighted by Crippen LogP contribution is 2.12. The maximum Gasteiger partial charge on any atom is 0.305 e. The lowest BCUT2D eigenvalue weighted by atomic mass is 10.0. The summed E-state index contributed by atoms with van der Waals surface area (Å²) in [6.07, 6.45) is 12.5. The Morgan fingerprint density at radius 2 is 1.23 bits per heavy atom. The summed E-state index contributed by atoms with van der Waals surface area (Å²) in [6.45, 7) is 5.99. The first-order valence-corrected chi connectivity index (χ1v) is 16.0. The molecule has 1 aromatic rings. The van der Waals surface area contributed by atoms with Gasteiger partial charge in [-0.25, -0.2) is 0 Å². The smallest absolute Gasteiger partial charge is 0.305 e. The van der Waals surface area contributed by atoms with Crippen LogP contribution in [0.5, 0.6) is 0 Å². The monoisotopic (exact) mass is 602 g/mol. The van der Waals surface area contributed by atoms with Gasteiger partial charge in [-0.1, -0.05) is 115 Å². The minimum atomic E-state index is -1.36. The van der Waals surface area contributed by atoms with Gasteiger partial charge in [0.25, 0.3) is 0 Å². The van der Waals surface area contributed by atoms with E-state index in [0.29, 0.717) is 12.8 Å². The molecule has 10 heteroatoms. The summed E-state index contributed by atoms with van der Waals surface area (Å²) in [5, 5.41) is 17.2. The van der Waals surface area contributed by atoms with Crippen LogP contribution in [0.15, 0.2) is 30.3 Å². The third-order valence-electron chi connectivity index (χ3n) is 7.32. The van der Waals surface area contributed by atoms with Gasteiger partial charge in [0.05, 0.1) is 6.42 Å². The minimum Gasteiger partial charge on any atom is -0.481 e. The lowest BCUT2D eigenvalue weighted by molar-refractivity contribution is -0.141.